The minimum atomic E-state index is -2.54. The van der Waals surface area contributed by atoms with Crippen molar-refractivity contribution in [3.8, 4) is 0 Å². The first-order valence-electron chi connectivity index (χ1n) is 5.82. The summed E-state index contributed by atoms with van der Waals surface area (Å²) < 4.78 is 26.0. The monoisotopic (exact) mass is 255 g/mol. The summed E-state index contributed by atoms with van der Waals surface area (Å²) in [5, 5.41) is 0. The highest BCUT2D eigenvalue weighted by molar-refractivity contribution is 5.90. The number of piperidine rings is 1. The maximum Gasteiger partial charge on any atom is 0.267 e. The molecule has 2 rings (SSSR count). The fourth-order valence-electron chi connectivity index (χ4n) is 1.97. The van der Waals surface area contributed by atoms with Gasteiger partial charge >= 0.3 is 0 Å². The van der Waals surface area contributed by atoms with E-state index in [-0.39, 0.29) is 18.5 Å². The fourth-order valence-corrected chi connectivity index (χ4v) is 1.97. The molecule has 18 heavy (non-hydrogen) atoms. The molecule has 6 heteroatoms. The number of alkyl halides is 2. The highest BCUT2D eigenvalue weighted by Gasteiger charge is 2.33. The molecule has 1 fully saturated rings. The Morgan fingerprint density at radius 2 is 2.06 bits per heavy atom. The third-order valence-electron chi connectivity index (χ3n) is 3.03. The van der Waals surface area contributed by atoms with E-state index >= 15 is 0 Å². The van der Waals surface area contributed by atoms with Gasteiger partial charge in [0.15, 0.2) is 0 Å². The molecule has 0 bridgehead atoms. The lowest BCUT2D eigenvalue weighted by Gasteiger charge is -2.31. The lowest BCUT2D eigenvalue weighted by molar-refractivity contribution is -0.0568. The van der Waals surface area contributed by atoms with E-state index in [4.69, 9.17) is 5.73 Å². The van der Waals surface area contributed by atoms with E-state index in [0.29, 0.717) is 25.3 Å². The number of nitrogens with zero attached hydrogens (tertiary/aromatic N) is 2. The van der Waals surface area contributed by atoms with Gasteiger partial charge in [-0.15, -0.1) is 0 Å². The van der Waals surface area contributed by atoms with Crippen LogP contribution in [0.1, 0.15) is 29.0 Å². The van der Waals surface area contributed by atoms with Gasteiger partial charge in [-0.2, -0.15) is 0 Å². The number of amides is 1. The molecular weight excluding hydrogens is 240 g/mol. The summed E-state index contributed by atoms with van der Waals surface area (Å²) >= 11 is 0. The summed E-state index contributed by atoms with van der Waals surface area (Å²) in [5.41, 5.74) is 6.02. The highest BCUT2D eigenvalue weighted by Crippen LogP contribution is 2.28. The molecule has 1 amide bonds. The van der Waals surface area contributed by atoms with Gasteiger partial charge in [0.05, 0.1) is 5.69 Å². The third-order valence-corrected chi connectivity index (χ3v) is 3.03. The number of hydrogen-bond donors (Lipinski definition) is 1. The first-order chi connectivity index (χ1) is 8.46. The molecule has 0 unspecified atom stereocenters. The van der Waals surface area contributed by atoms with Crippen molar-refractivity contribution < 1.29 is 13.6 Å². The van der Waals surface area contributed by atoms with Gasteiger partial charge in [0.2, 0.25) is 0 Å². The van der Waals surface area contributed by atoms with E-state index in [1.807, 2.05) is 4.90 Å². The predicted molar refractivity (Wildman–Crippen MR) is 62.2 cm³/mol. The molecule has 1 saturated heterocycles. The van der Waals surface area contributed by atoms with Gasteiger partial charge in [0.1, 0.15) is 5.69 Å². The van der Waals surface area contributed by atoms with Crippen LogP contribution >= 0.6 is 0 Å². The van der Waals surface area contributed by atoms with Crippen molar-refractivity contribution in [3.05, 3.63) is 29.6 Å². The van der Waals surface area contributed by atoms with Crippen LogP contribution in [-0.4, -0.2) is 34.8 Å². The average molecular weight is 255 g/mol. The number of pyridine rings is 1. The van der Waals surface area contributed by atoms with Gasteiger partial charge in [-0.05, 0) is 12.1 Å². The first kappa shape index (κ1) is 12.9. The maximum atomic E-state index is 13.0. The van der Waals surface area contributed by atoms with Crippen LogP contribution in [0.3, 0.4) is 0 Å². The normalized spacial score (nSPS) is 19.7. The van der Waals surface area contributed by atoms with Crippen LogP contribution in [0.2, 0.25) is 0 Å². The zero-order valence-electron chi connectivity index (χ0n) is 9.90. The minimum Gasteiger partial charge on any atom is -0.364 e. The summed E-state index contributed by atoms with van der Waals surface area (Å²) in [6.07, 6.45) is -0.245. The Hall–Kier alpha value is -1.56. The van der Waals surface area contributed by atoms with Gasteiger partial charge in [-0.3, -0.25) is 9.69 Å². The Bertz CT molecular complexity index is 441. The number of likely N-dealkylation sites (tertiary alicyclic amines) is 1. The average Bonchev–Trinajstić information content (AvgIpc) is 2.32. The standard InChI is InChI=1S/C12H15F2N3O/c13-12(14)4-6-17(7-5-12)8-9-2-1-3-10(16-9)11(15)18/h1-3H,4-8H2,(H2,15,18). The zero-order chi connectivity index (χ0) is 13.2. The minimum absolute atomic E-state index is 0.123. The molecule has 1 aromatic rings. The molecule has 0 atom stereocenters. The maximum absolute atomic E-state index is 13.0. The van der Waals surface area contributed by atoms with Crippen LogP contribution in [0.25, 0.3) is 0 Å². The molecule has 2 N–H and O–H groups in total. The van der Waals surface area contributed by atoms with E-state index in [2.05, 4.69) is 4.98 Å². The molecule has 98 valence electrons. The number of rotatable bonds is 3. The van der Waals surface area contributed by atoms with E-state index in [0.717, 1.165) is 0 Å². The Morgan fingerprint density at radius 3 is 2.67 bits per heavy atom. The molecule has 0 aliphatic carbocycles. The van der Waals surface area contributed by atoms with E-state index in [9.17, 15) is 13.6 Å². The van der Waals surface area contributed by atoms with Gasteiger partial charge in [-0.1, -0.05) is 6.07 Å². The Morgan fingerprint density at radius 1 is 1.39 bits per heavy atom. The van der Waals surface area contributed by atoms with Crippen molar-refractivity contribution >= 4 is 5.91 Å². The van der Waals surface area contributed by atoms with Gasteiger partial charge in [0.25, 0.3) is 11.8 Å². The van der Waals surface area contributed by atoms with Gasteiger partial charge in [0, 0.05) is 32.5 Å². The summed E-state index contributed by atoms with van der Waals surface area (Å²) in [4.78, 5) is 17.0. The van der Waals surface area contributed by atoms with Crippen LogP contribution in [-0.2, 0) is 6.54 Å². The number of halogens is 2. The number of nitrogens with two attached hydrogens (primary N) is 1. The summed E-state index contributed by atoms with van der Waals surface area (Å²) in [6, 6.07) is 5.00. The van der Waals surface area contributed by atoms with Crippen LogP contribution < -0.4 is 5.73 Å². The smallest absolute Gasteiger partial charge is 0.267 e. The second-order valence-corrected chi connectivity index (χ2v) is 4.51. The van der Waals surface area contributed by atoms with Crippen LogP contribution in [0.15, 0.2) is 18.2 Å². The van der Waals surface area contributed by atoms with Crippen LogP contribution in [0.5, 0.6) is 0 Å². The summed E-state index contributed by atoms with van der Waals surface area (Å²) in [6.45, 7) is 1.15. The number of carbonyl (C=O) groups excluding carboxylic acids is 1. The predicted octanol–water partition coefficient (Wildman–Crippen LogP) is 1.41. The van der Waals surface area contributed by atoms with Crippen molar-refractivity contribution in [2.24, 2.45) is 5.73 Å². The Kier molecular flexibility index (Phi) is 3.56. The lowest BCUT2D eigenvalue weighted by atomic mass is 10.1. The zero-order valence-corrected chi connectivity index (χ0v) is 9.90. The molecular formula is C12H15F2N3O. The van der Waals surface area contributed by atoms with E-state index in [1.165, 1.54) is 6.07 Å². The molecule has 1 aliphatic heterocycles. The van der Waals surface area contributed by atoms with Crippen molar-refractivity contribution in [1.82, 2.24) is 9.88 Å². The first-order valence-corrected chi connectivity index (χ1v) is 5.82. The molecule has 0 aromatic carbocycles. The molecule has 0 saturated carbocycles. The van der Waals surface area contributed by atoms with Crippen LogP contribution in [0, 0.1) is 0 Å². The molecule has 0 radical (unpaired) electrons. The van der Waals surface area contributed by atoms with Crippen LogP contribution in [0.4, 0.5) is 8.78 Å². The quantitative estimate of drug-likeness (QED) is 0.888. The molecule has 2 heterocycles. The Balaban J connectivity index is 1.98. The summed E-state index contributed by atoms with van der Waals surface area (Å²) in [5.74, 6) is -3.12. The van der Waals surface area contributed by atoms with Crippen molar-refractivity contribution in [1.29, 1.82) is 0 Å². The number of hydrogen-bond acceptors (Lipinski definition) is 3. The lowest BCUT2D eigenvalue weighted by Crippen LogP contribution is -2.39. The van der Waals surface area contributed by atoms with E-state index in [1.54, 1.807) is 12.1 Å². The third kappa shape index (κ3) is 3.22. The second kappa shape index (κ2) is 4.97. The fraction of sp³-hybridized carbons (Fsp3) is 0.500. The van der Waals surface area contributed by atoms with Crippen molar-refractivity contribution in [3.63, 3.8) is 0 Å². The SMILES string of the molecule is NC(=O)c1cccc(CN2CCC(F)(F)CC2)n1. The number of carbonyl (C=O) groups is 1. The molecule has 1 aromatic heterocycles. The van der Waals surface area contributed by atoms with E-state index < -0.39 is 11.8 Å². The summed E-state index contributed by atoms with van der Waals surface area (Å²) in [7, 11) is 0. The number of primary amides is 1. The highest BCUT2D eigenvalue weighted by atomic mass is 19.3. The Labute approximate surface area is 104 Å². The molecule has 1 aliphatic rings. The van der Waals surface area contributed by atoms with Crippen molar-refractivity contribution in [2.75, 3.05) is 13.1 Å². The van der Waals surface area contributed by atoms with Crippen molar-refractivity contribution in [2.45, 2.75) is 25.3 Å². The largest absolute Gasteiger partial charge is 0.364 e. The topological polar surface area (TPSA) is 59.2 Å². The molecule has 0 spiro atoms. The van der Waals surface area contributed by atoms with Gasteiger partial charge < -0.3 is 5.73 Å². The molecule has 4 nitrogen and oxygen atoms in total. The number of aromatic nitrogens is 1. The van der Waals surface area contributed by atoms with Gasteiger partial charge in [-0.25, -0.2) is 13.8 Å². The second-order valence-electron chi connectivity index (χ2n) is 4.51.